The van der Waals surface area contributed by atoms with Crippen LogP contribution in [0.2, 0.25) is 0 Å². The molecule has 0 aliphatic heterocycles. The summed E-state index contributed by atoms with van der Waals surface area (Å²) in [6.07, 6.45) is 0. The molecule has 0 aromatic rings. The van der Waals surface area contributed by atoms with Crippen LogP contribution in [0.1, 0.15) is 0 Å². The third-order valence-corrected chi connectivity index (χ3v) is 0. The van der Waals surface area contributed by atoms with Gasteiger partial charge in [-0.15, -0.1) is 0 Å². The maximum Gasteiger partial charge on any atom is 2.00 e. The van der Waals surface area contributed by atoms with Crippen LogP contribution in [0.5, 0.6) is 0 Å². The zero-order valence-electron chi connectivity index (χ0n) is 3.10. The van der Waals surface area contributed by atoms with Gasteiger partial charge in [-0.1, -0.05) is 0 Å². The molecule has 4 nitrogen and oxygen atoms in total. The Hall–Kier alpha value is 2.37. The van der Waals surface area contributed by atoms with Crippen molar-refractivity contribution in [1.82, 2.24) is 0 Å². The van der Waals surface area contributed by atoms with Crippen molar-refractivity contribution >= 4 is 48.9 Å². The van der Waals surface area contributed by atoms with Gasteiger partial charge in [0.15, 0.2) is 31.1 Å². The molecule has 0 amide bonds. The largest absolute Gasteiger partial charge is 2.00 e. The standard InChI is InChI=1S/Ba.2BrO2/c;2*2-1-3/q+2;2*-1. The second-order valence-corrected chi connectivity index (χ2v) is 0.655. The van der Waals surface area contributed by atoms with Gasteiger partial charge in [-0.3, -0.25) is 0 Å². The fourth-order valence-corrected chi connectivity index (χ4v) is 0. The summed E-state index contributed by atoms with van der Waals surface area (Å²) >= 11 is -2.88. The van der Waals surface area contributed by atoms with E-state index >= 15 is 0 Å². The molecular formula is BaBr2O4. The Morgan fingerprint density at radius 2 is 0.714 bits per heavy atom. The van der Waals surface area contributed by atoms with Gasteiger partial charge >= 0.3 is 48.9 Å². The smallest absolute Gasteiger partial charge is 0.585 e. The summed E-state index contributed by atoms with van der Waals surface area (Å²) in [4.78, 5) is 0. The molecule has 0 aromatic carbocycles. The molecule has 7 heteroatoms. The van der Waals surface area contributed by atoms with Gasteiger partial charge < -0.3 is 16.8 Å². The van der Waals surface area contributed by atoms with Crippen LogP contribution in [0.4, 0.5) is 0 Å². The molecule has 0 bridgehead atoms. The van der Waals surface area contributed by atoms with Gasteiger partial charge in [-0.2, -0.15) is 0 Å². The van der Waals surface area contributed by atoms with Gasteiger partial charge in [0.2, 0.25) is 0 Å². The van der Waals surface area contributed by atoms with Crippen LogP contribution in [0.25, 0.3) is 0 Å². The van der Waals surface area contributed by atoms with E-state index in [0.29, 0.717) is 0 Å². The van der Waals surface area contributed by atoms with Gasteiger partial charge in [0, 0.05) is 0 Å². The van der Waals surface area contributed by atoms with Crippen LogP contribution in [0.3, 0.4) is 0 Å². The monoisotopic (exact) mass is 360 g/mol. The van der Waals surface area contributed by atoms with Crippen molar-refractivity contribution < 1.29 is 47.9 Å². The van der Waals surface area contributed by atoms with Crippen molar-refractivity contribution in [2.75, 3.05) is 0 Å². The fraction of sp³-hybridized carbons (Fsp3) is 0. The minimum atomic E-state index is -1.44. The van der Waals surface area contributed by atoms with Crippen molar-refractivity contribution in [2.24, 2.45) is 0 Å². The van der Waals surface area contributed by atoms with Gasteiger partial charge in [0.05, 0.1) is 0 Å². The SMILES string of the molecule is [Ba+2].[O-][Br+][O-].[O-][Br+][O-]. The van der Waals surface area contributed by atoms with E-state index < -0.39 is 31.1 Å². The first-order valence-corrected chi connectivity index (χ1v) is 3.21. The van der Waals surface area contributed by atoms with E-state index in [1.54, 1.807) is 0 Å². The average Bonchev–Trinajstić information content (AvgIpc) is 1.39. The minimum Gasteiger partial charge on any atom is -0.585 e. The first-order chi connectivity index (χ1) is 2.83. The van der Waals surface area contributed by atoms with E-state index in [2.05, 4.69) is 0 Å². The van der Waals surface area contributed by atoms with Crippen molar-refractivity contribution in [2.45, 2.75) is 0 Å². The number of halogens is 2. The maximum atomic E-state index is 8.41. The molecule has 0 spiro atoms. The summed E-state index contributed by atoms with van der Waals surface area (Å²) in [5.74, 6) is 0. The Bertz CT molecular complexity index is 11.7. The van der Waals surface area contributed by atoms with Crippen LogP contribution < -0.4 is 16.8 Å². The number of rotatable bonds is 0. The second-order valence-electron chi connectivity index (χ2n) is 0.126. The first kappa shape index (κ1) is 16.2. The Balaban J connectivity index is -0.0000000400. The van der Waals surface area contributed by atoms with E-state index in [1.807, 2.05) is 0 Å². The summed E-state index contributed by atoms with van der Waals surface area (Å²) in [6.45, 7) is 0. The molecule has 0 aromatic heterocycles. The minimum absolute atomic E-state index is 0. The van der Waals surface area contributed by atoms with Gasteiger partial charge in [-0.25, -0.2) is 0 Å². The summed E-state index contributed by atoms with van der Waals surface area (Å²) in [5.41, 5.74) is 0. The molecular weight excluding hydrogens is 361 g/mol. The predicted molar refractivity (Wildman–Crippen MR) is 5.75 cm³/mol. The van der Waals surface area contributed by atoms with Gasteiger partial charge in [0.25, 0.3) is 0 Å². The Morgan fingerprint density at radius 1 is 0.714 bits per heavy atom. The van der Waals surface area contributed by atoms with Crippen LogP contribution in [0.15, 0.2) is 0 Å². The van der Waals surface area contributed by atoms with E-state index in [0.717, 1.165) is 0 Å². The average molecular weight is 361 g/mol. The van der Waals surface area contributed by atoms with Crippen molar-refractivity contribution in [3.05, 3.63) is 0 Å². The van der Waals surface area contributed by atoms with Crippen molar-refractivity contribution in [1.29, 1.82) is 0 Å². The summed E-state index contributed by atoms with van der Waals surface area (Å²) in [6, 6.07) is 0. The molecule has 0 radical (unpaired) electrons. The predicted octanol–water partition coefficient (Wildman–Crippen LogP) is -5.14. The van der Waals surface area contributed by atoms with Gasteiger partial charge in [-0.05, 0) is 0 Å². The zero-order valence-corrected chi connectivity index (χ0v) is 10.7. The second kappa shape index (κ2) is 23.8. The molecule has 0 aliphatic rings. The summed E-state index contributed by atoms with van der Waals surface area (Å²) < 4.78 is 33.6. The van der Waals surface area contributed by atoms with Crippen molar-refractivity contribution in [3.8, 4) is 0 Å². The molecule has 0 fully saturated rings. The summed E-state index contributed by atoms with van der Waals surface area (Å²) in [7, 11) is 0. The number of hydrogen-bond acceptors (Lipinski definition) is 4. The molecule has 0 unspecified atom stereocenters. The van der Waals surface area contributed by atoms with Crippen LogP contribution in [-0.2, 0) is 0 Å². The molecule has 7 heavy (non-hydrogen) atoms. The van der Waals surface area contributed by atoms with Crippen LogP contribution >= 0.6 is 0 Å². The Labute approximate surface area is 94.9 Å². The summed E-state index contributed by atoms with van der Waals surface area (Å²) in [5, 5.41) is 0. The van der Waals surface area contributed by atoms with Crippen LogP contribution in [-0.4, -0.2) is 48.9 Å². The molecule has 40 valence electrons. The van der Waals surface area contributed by atoms with E-state index in [4.69, 9.17) is 16.8 Å². The maximum absolute atomic E-state index is 8.41. The molecule has 0 N–H and O–H groups in total. The topological polar surface area (TPSA) is 92.2 Å². The Morgan fingerprint density at radius 3 is 0.714 bits per heavy atom. The molecule has 0 saturated heterocycles. The third-order valence-electron chi connectivity index (χ3n) is 0. The van der Waals surface area contributed by atoms with Crippen molar-refractivity contribution in [3.63, 3.8) is 0 Å². The quantitative estimate of drug-likeness (QED) is 0.404. The fourth-order valence-electron chi connectivity index (χ4n) is 0. The van der Waals surface area contributed by atoms with Crippen LogP contribution in [0, 0.1) is 31.1 Å². The first-order valence-electron chi connectivity index (χ1n) is 0.617. The molecule has 0 heterocycles. The normalized spacial score (nSPS) is 5.14. The third kappa shape index (κ3) is 60.4. The molecule has 0 aliphatic carbocycles. The van der Waals surface area contributed by atoms with E-state index in [9.17, 15) is 0 Å². The molecule has 0 saturated carbocycles. The van der Waals surface area contributed by atoms with E-state index in [1.165, 1.54) is 0 Å². The van der Waals surface area contributed by atoms with E-state index in [-0.39, 0.29) is 48.9 Å². The molecule has 0 rings (SSSR count). The van der Waals surface area contributed by atoms with Gasteiger partial charge in [0.1, 0.15) is 0 Å². The Kier molecular flexibility index (Phi) is 55.0. The number of hydrogen-bond donors (Lipinski definition) is 0. The molecule has 0 atom stereocenters. The zero-order chi connectivity index (χ0) is 5.41.